The standard InChI is InChI=1S/C6H14N2O2/c1-2-10-6-4-8(7)3-5(6)9/h5-6,9H,2-4,7H2,1H3/t5-,6-/m0/s1. The van der Waals surface area contributed by atoms with E-state index in [1.54, 1.807) is 5.01 Å². The number of rotatable bonds is 2. The van der Waals surface area contributed by atoms with E-state index in [1.165, 1.54) is 0 Å². The third-order valence-corrected chi connectivity index (χ3v) is 1.65. The topological polar surface area (TPSA) is 58.7 Å². The van der Waals surface area contributed by atoms with Gasteiger partial charge in [0.15, 0.2) is 0 Å². The van der Waals surface area contributed by atoms with Crippen LogP contribution in [-0.4, -0.2) is 42.0 Å². The lowest BCUT2D eigenvalue weighted by atomic mass is 10.3. The molecule has 3 N–H and O–H groups in total. The molecule has 1 aliphatic rings. The van der Waals surface area contributed by atoms with Crippen LogP contribution in [0.25, 0.3) is 0 Å². The summed E-state index contributed by atoms with van der Waals surface area (Å²) in [4.78, 5) is 0. The zero-order chi connectivity index (χ0) is 7.56. The summed E-state index contributed by atoms with van der Waals surface area (Å²) >= 11 is 0. The van der Waals surface area contributed by atoms with E-state index < -0.39 is 6.10 Å². The Balaban J connectivity index is 2.31. The Morgan fingerprint density at radius 1 is 1.70 bits per heavy atom. The van der Waals surface area contributed by atoms with Gasteiger partial charge in [-0.3, -0.25) is 5.84 Å². The van der Waals surface area contributed by atoms with Crippen LogP contribution in [0.2, 0.25) is 0 Å². The van der Waals surface area contributed by atoms with Crippen molar-refractivity contribution in [3.05, 3.63) is 0 Å². The maximum Gasteiger partial charge on any atom is 0.0987 e. The Bertz CT molecular complexity index is 110. The minimum absolute atomic E-state index is 0.0880. The summed E-state index contributed by atoms with van der Waals surface area (Å²) < 4.78 is 5.21. The van der Waals surface area contributed by atoms with E-state index in [9.17, 15) is 5.11 Å². The number of ether oxygens (including phenoxy) is 1. The Hall–Kier alpha value is -0.160. The van der Waals surface area contributed by atoms with Crippen molar-refractivity contribution in [2.24, 2.45) is 5.84 Å². The second-order valence-electron chi connectivity index (χ2n) is 2.52. The van der Waals surface area contributed by atoms with Crippen LogP contribution in [0.4, 0.5) is 0 Å². The second kappa shape index (κ2) is 3.30. The first-order valence-corrected chi connectivity index (χ1v) is 3.53. The molecule has 2 atom stereocenters. The summed E-state index contributed by atoms with van der Waals surface area (Å²) in [6.07, 6.45) is -0.500. The van der Waals surface area contributed by atoms with Crippen LogP contribution in [0.3, 0.4) is 0 Å². The van der Waals surface area contributed by atoms with Crippen molar-refractivity contribution in [3.8, 4) is 0 Å². The van der Waals surface area contributed by atoms with Crippen LogP contribution in [0.1, 0.15) is 6.92 Å². The van der Waals surface area contributed by atoms with Gasteiger partial charge in [0, 0.05) is 19.7 Å². The second-order valence-corrected chi connectivity index (χ2v) is 2.52. The predicted octanol–water partition coefficient (Wildman–Crippen LogP) is -1.06. The molecule has 1 heterocycles. The highest BCUT2D eigenvalue weighted by Crippen LogP contribution is 2.09. The first-order valence-electron chi connectivity index (χ1n) is 3.53. The fourth-order valence-corrected chi connectivity index (χ4v) is 1.16. The molecule has 1 rings (SSSR count). The molecule has 0 aromatic carbocycles. The number of aliphatic hydroxyl groups excluding tert-OH is 1. The van der Waals surface area contributed by atoms with Crippen LogP contribution >= 0.6 is 0 Å². The van der Waals surface area contributed by atoms with Crippen molar-refractivity contribution in [2.45, 2.75) is 19.1 Å². The molecule has 0 bridgehead atoms. The van der Waals surface area contributed by atoms with Gasteiger partial charge in [-0.1, -0.05) is 0 Å². The number of nitrogens with two attached hydrogens (primary N) is 1. The molecule has 0 aromatic heterocycles. The highest BCUT2D eigenvalue weighted by atomic mass is 16.5. The fraction of sp³-hybridized carbons (Fsp3) is 1.00. The highest BCUT2D eigenvalue weighted by molar-refractivity contribution is 4.81. The van der Waals surface area contributed by atoms with Crippen molar-refractivity contribution < 1.29 is 9.84 Å². The van der Waals surface area contributed by atoms with E-state index >= 15 is 0 Å². The van der Waals surface area contributed by atoms with Gasteiger partial charge in [-0.05, 0) is 6.92 Å². The largest absolute Gasteiger partial charge is 0.389 e. The van der Waals surface area contributed by atoms with Crippen LogP contribution in [0.5, 0.6) is 0 Å². The molecular formula is C6H14N2O2. The third kappa shape index (κ3) is 1.67. The minimum atomic E-state index is -0.412. The van der Waals surface area contributed by atoms with Gasteiger partial charge in [0.1, 0.15) is 0 Å². The monoisotopic (exact) mass is 146 g/mol. The Morgan fingerprint density at radius 2 is 2.40 bits per heavy atom. The first kappa shape index (κ1) is 7.94. The summed E-state index contributed by atoms with van der Waals surface area (Å²) in [5, 5.41) is 10.8. The zero-order valence-corrected chi connectivity index (χ0v) is 6.16. The molecule has 1 aliphatic heterocycles. The molecule has 0 amide bonds. The summed E-state index contributed by atoms with van der Waals surface area (Å²) in [7, 11) is 0. The van der Waals surface area contributed by atoms with E-state index in [2.05, 4.69) is 0 Å². The van der Waals surface area contributed by atoms with E-state index in [1.807, 2.05) is 6.92 Å². The maximum atomic E-state index is 9.24. The minimum Gasteiger partial charge on any atom is -0.389 e. The Labute approximate surface area is 60.5 Å². The molecule has 0 aromatic rings. The first-order chi connectivity index (χ1) is 4.74. The van der Waals surface area contributed by atoms with Crippen molar-refractivity contribution in [1.29, 1.82) is 0 Å². The summed E-state index contributed by atoms with van der Waals surface area (Å²) in [6.45, 7) is 3.70. The molecule has 0 aliphatic carbocycles. The van der Waals surface area contributed by atoms with Crippen molar-refractivity contribution in [2.75, 3.05) is 19.7 Å². The van der Waals surface area contributed by atoms with Crippen LogP contribution in [0, 0.1) is 0 Å². The summed E-state index contributed by atoms with van der Waals surface area (Å²) in [6, 6.07) is 0. The number of β-amino-alcohol motifs (C(OH)–C–C–N with tert-alkyl or cyclic N) is 1. The van der Waals surface area contributed by atoms with Gasteiger partial charge >= 0.3 is 0 Å². The quantitative estimate of drug-likeness (QED) is 0.488. The normalized spacial score (nSPS) is 35.1. The van der Waals surface area contributed by atoms with Gasteiger partial charge in [-0.2, -0.15) is 0 Å². The molecule has 0 unspecified atom stereocenters. The van der Waals surface area contributed by atoms with Gasteiger partial charge in [0.05, 0.1) is 12.2 Å². The van der Waals surface area contributed by atoms with E-state index in [4.69, 9.17) is 10.6 Å². The van der Waals surface area contributed by atoms with E-state index in [0.29, 0.717) is 19.7 Å². The maximum absolute atomic E-state index is 9.24. The Kier molecular flexibility index (Phi) is 2.62. The molecule has 1 saturated heterocycles. The Morgan fingerprint density at radius 3 is 2.80 bits per heavy atom. The summed E-state index contributed by atoms with van der Waals surface area (Å²) in [5.74, 6) is 5.44. The molecule has 0 spiro atoms. The lowest BCUT2D eigenvalue weighted by Gasteiger charge is -2.11. The molecule has 10 heavy (non-hydrogen) atoms. The van der Waals surface area contributed by atoms with Crippen molar-refractivity contribution in [1.82, 2.24) is 5.01 Å². The van der Waals surface area contributed by atoms with Crippen molar-refractivity contribution >= 4 is 0 Å². The van der Waals surface area contributed by atoms with Gasteiger partial charge in [0.2, 0.25) is 0 Å². The van der Waals surface area contributed by atoms with Crippen LogP contribution < -0.4 is 5.84 Å². The summed E-state index contributed by atoms with van der Waals surface area (Å²) in [5.41, 5.74) is 0. The van der Waals surface area contributed by atoms with Gasteiger partial charge in [-0.25, -0.2) is 5.01 Å². The van der Waals surface area contributed by atoms with Crippen LogP contribution in [-0.2, 0) is 4.74 Å². The molecule has 60 valence electrons. The van der Waals surface area contributed by atoms with Gasteiger partial charge in [-0.15, -0.1) is 0 Å². The zero-order valence-electron chi connectivity index (χ0n) is 6.16. The number of hydrogen-bond acceptors (Lipinski definition) is 4. The fourth-order valence-electron chi connectivity index (χ4n) is 1.16. The SMILES string of the molecule is CCO[C@H]1CN(N)C[C@@H]1O. The average Bonchev–Trinajstić information content (AvgIpc) is 2.13. The smallest absolute Gasteiger partial charge is 0.0987 e. The highest BCUT2D eigenvalue weighted by Gasteiger charge is 2.29. The van der Waals surface area contributed by atoms with E-state index in [0.717, 1.165) is 0 Å². The lowest BCUT2D eigenvalue weighted by molar-refractivity contribution is -0.00242. The number of nitrogens with zero attached hydrogens (tertiary/aromatic N) is 1. The average molecular weight is 146 g/mol. The number of hydrogen-bond donors (Lipinski definition) is 2. The van der Waals surface area contributed by atoms with Crippen LogP contribution in [0.15, 0.2) is 0 Å². The van der Waals surface area contributed by atoms with E-state index in [-0.39, 0.29) is 6.10 Å². The molecular weight excluding hydrogens is 132 g/mol. The van der Waals surface area contributed by atoms with Crippen molar-refractivity contribution in [3.63, 3.8) is 0 Å². The lowest BCUT2D eigenvalue weighted by Crippen LogP contribution is -2.29. The molecule has 4 nitrogen and oxygen atoms in total. The molecule has 0 radical (unpaired) electrons. The molecule has 4 heteroatoms. The number of aliphatic hydroxyl groups is 1. The third-order valence-electron chi connectivity index (χ3n) is 1.65. The number of hydrazine groups is 1. The predicted molar refractivity (Wildman–Crippen MR) is 37.2 cm³/mol. The molecule has 0 saturated carbocycles. The van der Waals surface area contributed by atoms with Gasteiger partial charge in [0.25, 0.3) is 0 Å². The van der Waals surface area contributed by atoms with Gasteiger partial charge < -0.3 is 9.84 Å². The molecule has 1 fully saturated rings.